The fourth-order valence-corrected chi connectivity index (χ4v) is 2.45. The van der Waals surface area contributed by atoms with Crippen LogP contribution in [0.2, 0.25) is 0 Å². The lowest BCUT2D eigenvalue weighted by Crippen LogP contribution is -1.98. The second-order valence-corrected chi connectivity index (χ2v) is 3.67. The van der Waals surface area contributed by atoms with E-state index in [1.165, 1.54) is 10.6 Å². The first-order chi connectivity index (χ1) is 5.86. The molecule has 2 aromatic rings. The molecule has 0 unspecified atom stereocenters. The summed E-state index contributed by atoms with van der Waals surface area (Å²) in [7, 11) is 0. The van der Waals surface area contributed by atoms with Crippen molar-refractivity contribution < 1.29 is 0 Å². The monoisotopic (exact) mass is 181 g/mol. The van der Waals surface area contributed by atoms with Gasteiger partial charge in [-0.2, -0.15) is 0 Å². The molecule has 3 nitrogen and oxygen atoms in total. The Balaban J connectivity index is 2.70. The molecule has 2 aromatic heterocycles. The highest BCUT2D eigenvalue weighted by Crippen LogP contribution is 2.21. The molecule has 0 saturated heterocycles. The molecule has 0 saturated carbocycles. The van der Waals surface area contributed by atoms with Gasteiger partial charge in [0.1, 0.15) is 0 Å². The zero-order valence-corrected chi connectivity index (χ0v) is 7.77. The second-order valence-electron chi connectivity index (χ2n) is 2.61. The van der Waals surface area contributed by atoms with Gasteiger partial charge in [-0.1, -0.05) is 18.3 Å². The van der Waals surface area contributed by atoms with E-state index in [-0.39, 0.29) is 0 Å². The molecule has 2 rings (SSSR count). The van der Waals surface area contributed by atoms with Crippen molar-refractivity contribution in [3.8, 4) is 0 Å². The van der Waals surface area contributed by atoms with Gasteiger partial charge < -0.3 is 5.73 Å². The van der Waals surface area contributed by atoms with Gasteiger partial charge in [0.25, 0.3) is 0 Å². The van der Waals surface area contributed by atoms with Gasteiger partial charge in [0.05, 0.1) is 0 Å². The molecule has 0 fully saturated rings. The summed E-state index contributed by atoms with van der Waals surface area (Å²) < 4.78 is 2.12. The van der Waals surface area contributed by atoms with Crippen LogP contribution in [0.1, 0.15) is 17.5 Å². The first kappa shape index (κ1) is 7.76. The number of thiazole rings is 1. The zero-order valence-electron chi connectivity index (χ0n) is 6.95. The fraction of sp³-hybridized carbons (Fsp3) is 0.375. The standard InChI is InChI=1S/C8H11N3S/c1-2-6-7(5-9)12-8-10-3-4-11(6)8/h3-4H,2,5,9H2,1H3. The molecule has 0 bridgehead atoms. The first-order valence-corrected chi connectivity index (χ1v) is 4.82. The van der Waals surface area contributed by atoms with Crippen LogP contribution in [-0.4, -0.2) is 9.38 Å². The van der Waals surface area contributed by atoms with Crippen LogP contribution in [0, 0.1) is 0 Å². The van der Waals surface area contributed by atoms with E-state index in [1.807, 2.05) is 12.4 Å². The molecule has 0 spiro atoms. The maximum Gasteiger partial charge on any atom is 0.194 e. The van der Waals surface area contributed by atoms with E-state index in [0.29, 0.717) is 6.54 Å². The highest BCUT2D eigenvalue weighted by Gasteiger charge is 2.08. The van der Waals surface area contributed by atoms with Crippen LogP contribution in [0.4, 0.5) is 0 Å². The molecule has 2 N–H and O–H groups in total. The molecule has 0 aromatic carbocycles. The van der Waals surface area contributed by atoms with Gasteiger partial charge in [-0.3, -0.25) is 4.40 Å². The average molecular weight is 181 g/mol. The van der Waals surface area contributed by atoms with Crippen molar-refractivity contribution in [3.63, 3.8) is 0 Å². The number of aryl methyl sites for hydroxylation is 1. The van der Waals surface area contributed by atoms with Crippen molar-refractivity contribution in [1.82, 2.24) is 9.38 Å². The fourth-order valence-electron chi connectivity index (χ4n) is 1.40. The Kier molecular flexibility index (Phi) is 1.86. The normalized spacial score (nSPS) is 11.2. The van der Waals surface area contributed by atoms with Gasteiger partial charge in [0.15, 0.2) is 4.96 Å². The van der Waals surface area contributed by atoms with Gasteiger partial charge in [0.2, 0.25) is 0 Å². The van der Waals surface area contributed by atoms with Crippen molar-refractivity contribution in [1.29, 1.82) is 0 Å². The summed E-state index contributed by atoms with van der Waals surface area (Å²) in [4.78, 5) is 6.52. The van der Waals surface area contributed by atoms with Crippen molar-refractivity contribution in [2.45, 2.75) is 19.9 Å². The molecule has 0 aliphatic carbocycles. The Morgan fingerprint density at radius 3 is 3.17 bits per heavy atom. The average Bonchev–Trinajstić information content (AvgIpc) is 2.61. The third kappa shape index (κ3) is 0.956. The minimum atomic E-state index is 0.622. The minimum Gasteiger partial charge on any atom is -0.326 e. The van der Waals surface area contributed by atoms with Crippen LogP contribution in [0.3, 0.4) is 0 Å². The molecule has 64 valence electrons. The number of hydrogen-bond acceptors (Lipinski definition) is 3. The molecule has 4 heteroatoms. The number of rotatable bonds is 2. The van der Waals surface area contributed by atoms with Gasteiger partial charge >= 0.3 is 0 Å². The van der Waals surface area contributed by atoms with Gasteiger partial charge in [0, 0.05) is 29.5 Å². The Bertz CT molecular complexity index is 388. The smallest absolute Gasteiger partial charge is 0.194 e. The maximum atomic E-state index is 5.62. The molecule has 0 atom stereocenters. The predicted octanol–water partition coefficient (Wildman–Crippen LogP) is 1.42. The predicted molar refractivity (Wildman–Crippen MR) is 50.3 cm³/mol. The summed E-state index contributed by atoms with van der Waals surface area (Å²) in [5, 5.41) is 0. The topological polar surface area (TPSA) is 43.3 Å². The lowest BCUT2D eigenvalue weighted by atomic mass is 10.3. The summed E-state index contributed by atoms with van der Waals surface area (Å²) in [6.07, 6.45) is 4.83. The number of imidazole rings is 1. The molecule has 12 heavy (non-hydrogen) atoms. The van der Waals surface area contributed by atoms with Crippen molar-refractivity contribution >= 4 is 16.3 Å². The van der Waals surface area contributed by atoms with Gasteiger partial charge in [-0.15, -0.1) is 0 Å². The van der Waals surface area contributed by atoms with Crippen LogP contribution in [0.15, 0.2) is 12.4 Å². The second kappa shape index (κ2) is 2.88. The largest absolute Gasteiger partial charge is 0.326 e. The SMILES string of the molecule is CCc1c(CN)sc2nccn12. The third-order valence-corrected chi connectivity index (χ3v) is 3.09. The van der Waals surface area contributed by atoms with Crippen molar-refractivity contribution in [3.05, 3.63) is 23.0 Å². The van der Waals surface area contributed by atoms with E-state index in [0.717, 1.165) is 11.4 Å². The molecular formula is C8H11N3S. The van der Waals surface area contributed by atoms with Crippen molar-refractivity contribution in [2.24, 2.45) is 5.73 Å². The van der Waals surface area contributed by atoms with E-state index in [2.05, 4.69) is 16.3 Å². The number of aromatic nitrogens is 2. The molecule has 0 amide bonds. The first-order valence-electron chi connectivity index (χ1n) is 4.00. The Hall–Kier alpha value is -0.870. The summed E-state index contributed by atoms with van der Waals surface area (Å²) in [6.45, 7) is 2.76. The number of hydrogen-bond donors (Lipinski definition) is 1. The van der Waals surface area contributed by atoms with Gasteiger partial charge in [-0.25, -0.2) is 4.98 Å². The molecule has 0 radical (unpaired) electrons. The van der Waals surface area contributed by atoms with E-state index in [9.17, 15) is 0 Å². The summed E-state index contributed by atoms with van der Waals surface area (Å²) in [5.74, 6) is 0. The van der Waals surface area contributed by atoms with E-state index < -0.39 is 0 Å². The quantitative estimate of drug-likeness (QED) is 0.761. The lowest BCUT2D eigenvalue weighted by Gasteiger charge is -1.96. The number of nitrogens with zero attached hydrogens (tertiary/aromatic N) is 2. The van der Waals surface area contributed by atoms with Crippen LogP contribution in [0.5, 0.6) is 0 Å². The summed E-state index contributed by atoms with van der Waals surface area (Å²) >= 11 is 1.68. The summed E-state index contributed by atoms with van der Waals surface area (Å²) in [5.41, 5.74) is 6.92. The molecular weight excluding hydrogens is 170 g/mol. The van der Waals surface area contributed by atoms with E-state index in [4.69, 9.17) is 5.73 Å². The highest BCUT2D eigenvalue weighted by atomic mass is 32.1. The number of nitrogens with two attached hydrogens (primary N) is 1. The third-order valence-electron chi connectivity index (χ3n) is 1.95. The molecule has 2 heterocycles. The zero-order chi connectivity index (χ0) is 8.55. The minimum absolute atomic E-state index is 0.622. The number of fused-ring (bicyclic) bond motifs is 1. The van der Waals surface area contributed by atoms with Crippen LogP contribution < -0.4 is 5.73 Å². The van der Waals surface area contributed by atoms with E-state index >= 15 is 0 Å². The van der Waals surface area contributed by atoms with E-state index in [1.54, 1.807) is 11.3 Å². The van der Waals surface area contributed by atoms with Crippen molar-refractivity contribution in [2.75, 3.05) is 0 Å². The Morgan fingerprint density at radius 1 is 1.67 bits per heavy atom. The lowest BCUT2D eigenvalue weighted by molar-refractivity contribution is 0.949. The Morgan fingerprint density at radius 2 is 2.50 bits per heavy atom. The molecule has 0 aliphatic heterocycles. The maximum absolute atomic E-state index is 5.62. The van der Waals surface area contributed by atoms with Gasteiger partial charge in [-0.05, 0) is 6.42 Å². The Labute approximate surface area is 74.8 Å². The molecule has 0 aliphatic rings. The van der Waals surface area contributed by atoms with Crippen LogP contribution in [0.25, 0.3) is 4.96 Å². The highest BCUT2D eigenvalue weighted by molar-refractivity contribution is 7.17. The van der Waals surface area contributed by atoms with Crippen LogP contribution >= 0.6 is 11.3 Å². The van der Waals surface area contributed by atoms with Crippen LogP contribution in [-0.2, 0) is 13.0 Å². The summed E-state index contributed by atoms with van der Waals surface area (Å²) in [6, 6.07) is 0.